The minimum atomic E-state index is 0.346. The van der Waals surface area contributed by atoms with Crippen LogP contribution in [0.3, 0.4) is 0 Å². The molecule has 0 saturated heterocycles. The molecule has 13 heavy (non-hydrogen) atoms. The first kappa shape index (κ1) is 7.86. The van der Waals surface area contributed by atoms with Crippen molar-refractivity contribution in [3.05, 3.63) is 36.0 Å². The van der Waals surface area contributed by atoms with Gasteiger partial charge in [0.1, 0.15) is 0 Å². The van der Waals surface area contributed by atoms with Crippen LogP contribution in [0.1, 0.15) is 5.56 Å². The third-order valence-corrected chi connectivity index (χ3v) is 1.90. The Hall–Kier alpha value is -1.77. The topological polar surface area (TPSA) is 52.0 Å². The Kier molecular flexibility index (Phi) is 1.77. The van der Waals surface area contributed by atoms with E-state index in [9.17, 15) is 0 Å². The highest BCUT2D eigenvalue weighted by atomic mass is 16.4. The summed E-state index contributed by atoms with van der Waals surface area (Å²) >= 11 is 0. The summed E-state index contributed by atoms with van der Waals surface area (Å²) in [5.74, 6) is 0.925. The van der Waals surface area contributed by atoms with Crippen molar-refractivity contribution in [3.8, 4) is 11.5 Å². The Labute approximate surface area is 76.2 Å². The fourth-order valence-electron chi connectivity index (χ4n) is 1.22. The Morgan fingerprint density at radius 1 is 1.31 bits per heavy atom. The van der Waals surface area contributed by atoms with Crippen molar-refractivity contribution < 1.29 is 4.42 Å². The third-order valence-electron chi connectivity index (χ3n) is 1.90. The highest BCUT2D eigenvalue weighted by molar-refractivity contribution is 5.58. The van der Waals surface area contributed by atoms with Crippen LogP contribution in [0.5, 0.6) is 0 Å². The number of nitrogens with zero attached hydrogens (tertiary/aromatic N) is 1. The number of hydrogen-bond donors (Lipinski definition) is 1. The molecule has 2 N–H and O–H groups in total. The van der Waals surface area contributed by atoms with Gasteiger partial charge in [-0.1, -0.05) is 18.2 Å². The highest BCUT2D eigenvalue weighted by Gasteiger charge is 2.05. The number of anilines is 1. The molecule has 3 nitrogen and oxygen atoms in total. The molecule has 3 heteroatoms. The molecule has 0 amide bonds. The van der Waals surface area contributed by atoms with Crippen molar-refractivity contribution in [1.82, 2.24) is 4.98 Å². The standard InChI is InChI=1S/C10H10N2O/c1-7-4-2-3-5-8(7)10-12-6-9(11)13-10/h2-6H,11H2,1H3. The van der Waals surface area contributed by atoms with Gasteiger partial charge in [-0.05, 0) is 18.6 Å². The first-order valence-corrected chi connectivity index (χ1v) is 4.04. The van der Waals surface area contributed by atoms with Gasteiger partial charge in [0.15, 0.2) is 0 Å². The summed E-state index contributed by atoms with van der Waals surface area (Å²) < 4.78 is 5.22. The second-order valence-corrected chi connectivity index (χ2v) is 2.88. The second kappa shape index (κ2) is 2.94. The van der Waals surface area contributed by atoms with E-state index in [1.54, 1.807) is 0 Å². The zero-order chi connectivity index (χ0) is 9.26. The average molecular weight is 174 g/mol. The third kappa shape index (κ3) is 1.40. The molecule has 66 valence electrons. The first-order valence-electron chi connectivity index (χ1n) is 4.04. The molecular weight excluding hydrogens is 164 g/mol. The number of aryl methyl sites for hydroxylation is 1. The van der Waals surface area contributed by atoms with E-state index in [4.69, 9.17) is 10.2 Å². The molecule has 0 saturated carbocycles. The summed E-state index contributed by atoms with van der Waals surface area (Å²) in [6.07, 6.45) is 1.52. The van der Waals surface area contributed by atoms with Crippen LogP contribution < -0.4 is 5.73 Å². The van der Waals surface area contributed by atoms with Crippen LogP contribution in [0.25, 0.3) is 11.5 Å². The summed E-state index contributed by atoms with van der Waals surface area (Å²) in [4.78, 5) is 4.06. The van der Waals surface area contributed by atoms with E-state index in [0.29, 0.717) is 11.8 Å². The van der Waals surface area contributed by atoms with Gasteiger partial charge in [-0.25, -0.2) is 4.98 Å². The molecule has 1 aromatic carbocycles. The summed E-state index contributed by atoms with van der Waals surface area (Å²) in [7, 11) is 0. The molecule has 0 atom stereocenters. The Morgan fingerprint density at radius 3 is 2.69 bits per heavy atom. The monoisotopic (exact) mass is 174 g/mol. The summed E-state index contributed by atoms with van der Waals surface area (Å²) in [6.45, 7) is 2.01. The zero-order valence-electron chi connectivity index (χ0n) is 7.32. The van der Waals surface area contributed by atoms with E-state index in [-0.39, 0.29) is 0 Å². The van der Waals surface area contributed by atoms with Crippen LogP contribution in [0.2, 0.25) is 0 Å². The maximum atomic E-state index is 5.44. The van der Waals surface area contributed by atoms with Crippen molar-refractivity contribution in [1.29, 1.82) is 0 Å². The van der Waals surface area contributed by atoms with Gasteiger partial charge in [0.25, 0.3) is 0 Å². The Morgan fingerprint density at radius 2 is 2.08 bits per heavy atom. The van der Waals surface area contributed by atoms with Crippen molar-refractivity contribution in [3.63, 3.8) is 0 Å². The van der Waals surface area contributed by atoms with Crippen LogP contribution in [-0.4, -0.2) is 4.98 Å². The van der Waals surface area contributed by atoms with Crippen LogP contribution in [0.4, 0.5) is 5.88 Å². The summed E-state index contributed by atoms with van der Waals surface area (Å²) in [5, 5.41) is 0. The first-order chi connectivity index (χ1) is 6.27. The lowest BCUT2D eigenvalue weighted by Gasteiger charge is -1.98. The van der Waals surface area contributed by atoms with E-state index in [0.717, 1.165) is 11.1 Å². The molecule has 0 radical (unpaired) electrons. The van der Waals surface area contributed by atoms with Gasteiger partial charge in [0, 0.05) is 5.56 Å². The average Bonchev–Trinajstić information content (AvgIpc) is 2.53. The predicted molar refractivity (Wildman–Crippen MR) is 51.1 cm³/mol. The number of oxazole rings is 1. The summed E-state index contributed by atoms with van der Waals surface area (Å²) in [6, 6.07) is 7.89. The van der Waals surface area contributed by atoms with E-state index >= 15 is 0 Å². The molecule has 0 fully saturated rings. The maximum Gasteiger partial charge on any atom is 0.228 e. The molecule has 1 heterocycles. The number of nitrogen functional groups attached to an aromatic ring is 1. The van der Waals surface area contributed by atoms with Gasteiger partial charge in [-0.2, -0.15) is 0 Å². The van der Waals surface area contributed by atoms with E-state index in [2.05, 4.69) is 4.98 Å². The predicted octanol–water partition coefficient (Wildman–Crippen LogP) is 2.23. The van der Waals surface area contributed by atoms with Crippen molar-refractivity contribution >= 4 is 5.88 Å². The lowest BCUT2D eigenvalue weighted by molar-refractivity contribution is 0.593. The molecule has 1 aromatic heterocycles. The van der Waals surface area contributed by atoms with E-state index in [1.807, 2.05) is 31.2 Å². The van der Waals surface area contributed by atoms with Crippen LogP contribution in [0, 0.1) is 6.92 Å². The second-order valence-electron chi connectivity index (χ2n) is 2.88. The molecule has 2 aromatic rings. The number of rotatable bonds is 1. The number of benzene rings is 1. The number of nitrogens with two attached hydrogens (primary N) is 1. The van der Waals surface area contributed by atoms with Gasteiger partial charge in [-0.3, -0.25) is 0 Å². The Balaban J connectivity index is 2.52. The van der Waals surface area contributed by atoms with Gasteiger partial charge in [0.2, 0.25) is 11.8 Å². The molecule has 0 unspecified atom stereocenters. The van der Waals surface area contributed by atoms with Crippen molar-refractivity contribution in [2.24, 2.45) is 0 Å². The van der Waals surface area contributed by atoms with Crippen LogP contribution >= 0.6 is 0 Å². The van der Waals surface area contributed by atoms with Gasteiger partial charge < -0.3 is 10.2 Å². The fourth-order valence-corrected chi connectivity index (χ4v) is 1.22. The van der Waals surface area contributed by atoms with Gasteiger partial charge in [0.05, 0.1) is 6.20 Å². The van der Waals surface area contributed by atoms with Crippen LogP contribution in [-0.2, 0) is 0 Å². The smallest absolute Gasteiger partial charge is 0.228 e. The van der Waals surface area contributed by atoms with E-state index < -0.39 is 0 Å². The molecule has 0 spiro atoms. The highest BCUT2D eigenvalue weighted by Crippen LogP contribution is 2.22. The van der Waals surface area contributed by atoms with Crippen molar-refractivity contribution in [2.45, 2.75) is 6.92 Å². The molecule has 2 rings (SSSR count). The Bertz CT molecular complexity index is 420. The SMILES string of the molecule is Cc1ccccc1-c1ncc(N)o1. The van der Waals surface area contributed by atoms with Crippen molar-refractivity contribution in [2.75, 3.05) is 5.73 Å². The fraction of sp³-hybridized carbons (Fsp3) is 0.100. The van der Waals surface area contributed by atoms with Crippen LogP contribution in [0.15, 0.2) is 34.9 Å². The van der Waals surface area contributed by atoms with Gasteiger partial charge >= 0.3 is 0 Å². The maximum absolute atomic E-state index is 5.44. The number of hydrogen-bond acceptors (Lipinski definition) is 3. The normalized spacial score (nSPS) is 10.2. The minimum absolute atomic E-state index is 0.346. The lowest BCUT2D eigenvalue weighted by Crippen LogP contribution is -1.81. The molecule has 0 aliphatic rings. The molecule has 0 aliphatic heterocycles. The largest absolute Gasteiger partial charge is 0.421 e. The lowest BCUT2D eigenvalue weighted by atomic mass is 10.1. The molecule has 0 aliphatic carbocycles. The minimum Gasteiger partial charge on any atom is -0.421 e. The quantitative estimate of drug-likeness (QED) is 0.721. The molecular formula is C10H10N2O. The van der Waals surface area contributed by atoms with E-state index in [1.165, 1.54) is 6.20 Å². The zero-order valence-corrected chi connectivity index (χ0v) is 7.32. The summed E-state index contributed by atoms with van der Waals surface area (Å²) in [5.41, 5.74) is 7.55. The number of aromatic nitrogens is 1. The molecule has 0 bridgehead atoms. The van der Waals surface area contributed by atoms with Gasteiger partial charge in [-0.15, -0.1) is 0 Å².